The molecule has 0 heterocycles. The zero-order chi connectivity index (χ0) is 17.8. The molecule has 4 heteroatoms. The second-order valence-electron chi connectivity index (χ2n) is 4.75. The SMILES string of the molecule is C=CC.Cc1ccc(C(=O)O)cc1.Cc1ccc(C(=O)O)cc1. The highest BCUT2D eigenvalue weighted by Crippen LogP contribution is 2.02. The number of rotatable bonds is 2. The third-order valence-electron chi connectivity index (χ3n) is 2.60. The molecular formula is C19H22O4. The van der Waals surface area contributed by atoms with E-state index < -0.39 is 11.9 Å². The monoisotopic (exact) mass is 314 g/mol. The van der Waals surface area contributed by atoms with Gasteiger partial charge in [-0.15, -0.1) is 6.58 Å². The summed E-state index contributed by atoms with van der Waals surface area (Å²) in [6.07, 6.45) is 1.75. The molecular weight excluding hydrogens is 292 g/mol. The summed E-state index contributed by atoms with van der Waals surface area (Å²) in [5.74, 6) is -1.75. The number of hydrogen-bond acceptors (Lipinski definition) is 2. The Hall–Kier alpha value is -2.88. The van der Waals surface area contributed by atoms with Crippen LogP contribution in [-0.2, 0) is 0 Å². The Labute approximate surface area is 136 Å². The highest BCUT2D eigenvalue weighted by molar-refractivity contribution is 5.87. The van der Waals surface area contributed by atoms with Crippen molar-refractivity contribution in [1.29, 1.82) is 0 Å². The van der Waals surface area contributed by atoms with Gasteiger partial charge < -0.3 is 10.2 Å². The minimum atomic E-state index is -0.875. The van der Waals surface area contributed by atoms with Crippen LogP contribution in [0.2, 0.25) is 0 Å². The lowest BCUT2D eigenvalue weighted by Crippen LogP contribution is -1.94. The first-order valence-corrected chi connectivity index (χ1v) is 6.98. The summed E-state index contributed by atoms with van der Waals surface area (Å²) in [7, 11) is 0. The molecule has 4 nitrogen and oxygen atoms in total. The summed E-state index contributed by atoms with van der Waals surface area (Å²) in [5, 5.41) is 17.0. The number of carboxylic acid groups (broad SMARTS) is 2. The highest BCUT2D eigenvalue weighted by atomic mass is 16.4. The number of aromatic carboxylic acids is 2. The molecule has 0 saturated carbocycles. The topological polar surface area (TPSA) is 74.6 Å². The molecule has 23 heavy (non-hydrogen) atoms. The maximum Gasteiger partial charge on any atom is 0.335 e. The van der Waals surface area contributed by atoms with Crippen LogP contribution in [0.15, 0.2) is 61.2 Å². The van der Waals surface area contributed by atoms with Gasteiger partial charge in [0, 0.05) is 0 Å². The Morgan fingerprint density at radius 2 is 1.00 bits per heavy atom. The Bertz CT molecular complexity index is 570. The molecule has 0 unspecified atom stereocenters. The average Bonchev–Trinajstić information content (AvgIpc) is 2.49. The Kier molecular flexibility index (Phi) is 9.44. The normalized spacial score (nSPS) is 8.65. The van der Waals surface area contributed by atoms with Crippen molar-refractivity contribution in [2.75, 3.05) is 0 Å². The summed E-state index contributed by atoms with van der Waals surface area (Å²) >= 11 is 0. The van der Waals surface area contributed by atoms with E-state index in [0.29, 0.717) is 11.1 Å². The van der Waals surface area contributed by atoms with Crippen molar-refractivity contribution in [3.05, 3.63) is 83.4 Å². The van der Waals surface area contributed by atoms with Crippen LogP contribution < -0.4 is 0 Å². The van der Waals surface area contributed by atoms with Crippen molar-refractivity contribution in [2.24, 2.45) is 0 Å². The molecule has 2 aromatic carbocycles. The van der Waals surface area contributed by atoms with E-state index >= 15 is 0 Å². The molecule has 0 spiro atoms. The molecule has 0 fully saturated rings. The van der Waals surface area contributed by atoms with Gasteiger partial charge >= 0.3 is 11.9 Å². The molecule has 0 aliphatic carbocycles. The molecule has 0 aliphatic rings. The first-order valence-electron chi connectivity index (χ1n) is 6.98. The molecule has 0 radical (unpaired) electrons. The van der Waals surface area contributed by atoms with Gasteiger partial charge in [0.25, 0.3) is 0 Å². The van der Waals surface area contributed by atoms with E-state index in [1.165, 1.54) is 0 Å². The fraction of sp³-hybridized carbons (Fsp3) is 0.158. The van der Waals surface area contributed by atoms with Crippen LogP contribution in [-0.4, -0.2) is 22.2 Å². The van der Waals surface area contributed by atoms with E-state index in [2.05, 4.69) is 6.58 Å². The maximum atomic E-state index is 10.3. The molecule has 0 aromatic heterocycles. The Morgan fingerprint density at radius 3 is 1.17 bits per heavy atom. The first-order chi connectivity index (χ1) is 10.8. The number of aryl methyl sites for hydroxylation is 2. The summed E-state index contributed by atoms with van der Waals surface area (Å²) < 4.78 is 0. The van der Waals surface area contributed by atoms with Gasteiger partial charge in [-0.1, -0.05) is 41.5 Å². The first kappa shape index (κ1) is 20.1. The van der Waals surface area contributed by atoms with Crippen molar-refractivity contribution < 1.29 is 19.8 Å². The summed E-state index contributed by atoms with van der Waals surface area (Å²) in [6.45, 7) is 9.09. The zero-order valence-electron chi connectivity index (χ0n) is 13.6. The van der Waals surface area contributed by atoms with Crippen LogP contribution in [0.25, 0.3) is 0 Å². The minimum absolute atomic E-state index is 0.339. The van der Waals surface area contributed by atoms with E-state index in [1.54, 1.807) is 54.6 Å². The lowest BCUT2D eigenvalue weighted by molar-refractivity contribution is 0.0686. The summed E-state index contributed by atoms with van der Waals surface area (Å²) in [5.41, 5.74) is 2.83. The molecule has 2 N–H and O–H groups in total. The predicted octanol–water partition coefficient (Wildman–Crippen LogP) is 4.58. The van der Waals surface area contributed by atoms with Crippen LogP contribution in [0.3, 0.4) is 0 Å². The van der Waals surface area contributed by atoms with Crippen LogP contribution in [0, 0.1) is 13.8 Å². The smallest absolute Gasteiger partial charge is 0.335 e. The number of carboxylic acids is 2. The molecule has 0 aliphatic heterocycles. The number of carbonyl (C=O) groups is 2. The molecule has 2 aromatic rings. The van der Waals surface area contributed by atoms with Gasteiger partial charge in [-0.3, -0.25) is 0 Å². The summed E-state index contributed by atoms with van der Waals surface area (Å²) in [6, 6.07) is 13.5. The quantitative estimate of drug-likeness (QED) is 0.796. The van der Waals surface area contributed by atoms with Gasteiger partial charge in [0.2, 0.25) is 0 Å². The van der Waals surface area contributed by atoms with Crippen LogP contribution in [0.5, 0.6) is 0 Å². The van der Waals surface area contributed by atoms with Crippen LogP contribution >= 0.6 is 0 Å². The highest BCUT2D eigenvalue weighted by Gasteiger charge is 1.99. The van der Waals surface area contributed by atoms with Gasteiger partial charge in [0.05, 0.1) is 11.1 Å². The average molecular weight is 314 g/mol. The van der Waals surface area contributed by atoms with Gasteiger partial charge in [0.1, 0.15) is 0 Å². The van der Waals surface area contributed by atoms with Crippen LogP contribution in [0.1, 0.15) is 38.8 Å². The van der Waals surface area contributed by atoms with Crippen molar-refractivity contribution in [3.8, 4) is 0 Å². The largest absolute Gasteiger partial charge is 0.478 e. The Morgan fingerprint density at radius 1 is 0.783 bits per heavy atom. The van der Waals surface area contributed by atoms with E-state index in [0.717, 1.165) is 11.1 Å². The lowest BCUT2D eigenvalue weighted by Gasteiger charge is -1.92. The predicted molar refractivity (Wildman–Crippen MR) is 92.1 cm³/mol. The number of allylic oxidation sites excluding steroid dienone is 1. The third-order valence-corrected chi connectivity index (χ3v) is 2.60. The van der Waals surface area contributed by atoms with Crippen molar-refractivity contribution >= 4 is 11.9 Å². The second-order valence-corrected chi connectivity index (χ2v) is 4.75. The van der Waals surface area contributed by atoms with Gasteiger partial charge in [0.15, 0.2) is 0 Å². The van der Waals surface area contributed by atoms with Crippen molar-refractivity contribution in [3.63, 3.8) is 0 Å². The fourth-order valence-corrected chi connectivity index (χ4v) is 1.39. The van der Waals surface area contributed by atoms with Gasteiger partial charge in [-0.05, 0) is 45.0 Å². The standard InChI is InChI=1S/2C8H8O2.C3H6/c2*1-6-2-4-7(5-3-6)8(9)10;1-3-2/h2*2-5H,1H3,(H,9,10);3H,1H2,2H3. The molecule has 0 bridgehead atoms. The fourth-order valence-electron chi connectivity index (χ4n) is 1.39. The van der Waals surface area contributed by atoms with Gasteiger partial charge in [-0.2, -0.15) is 0 Å². The second kappa shape index (κ2) is 10.8. The number of hydrogen-bond donors (Lipinski definition) is 2. The maximum absolute atomic E-state index is 10.3. The molecule has 0 amide bonds. The van der Waals surface area contributed by atoms with Crippen molar-refractivity contribution in [2.45, 2.75) is 20.8 Å². The molecule has 122 valence electrons. The van der Waals surface area contributed by atoms with E-state index in [4.69, 9.17) is 10.2 Å². The minimum Gasteiger partial charge on any atom is -0.478 e. The van der Waals surface area contributed by atoms with Crippen molar-refractivity contribution in [1.82, 2.24) is 0 Å². The molecule has 2 rings (SSSR count). The van der Waals surface area contributed by atoms with E-state index in [-0.39, 0.29) is 0 Å². The molecule has 0 atom stereocenters. The summed E-state index contributed by atoms with van der Waals surface area (Å²) in [4.78, 5) is 20.6. The zero-order valence-corrected chi connectivity index (χ0v) is 13.6. The third kappa shape index (κ3) is 8.88. The number of benzene rings is 2. The van der Waals surface area contributed by atoms with Crippen LogP contribution in [0.4, 0.5) is 0 Å². The van der Waals surface area contributed by atoms with E-state index in [9.17, 15) is 9.59 Å². The molecule has 0 saturated heterocycles. The van der Waals surface area contributed by atoms with Gasteiger partial charge in [-0.25, -0.2) is 9.59 Å². The lowest BCUT2D eigenvalue weighted by atomic mass is 10.2. The van der Waals surface area contributed by atoms with E-state index in [1.807, 2.05) is 20.8 Å². The Balaban J connectivity index is 0.000000360.